The molecule has 4 heteroatoms. The zero-order valence-electron chi connectivity index (χ0n) is 10.6. The monoisotopic (exact) mass is 277 g/mol. The van der Waals surface area contributed by atoms with Crippen molar-refractivity contribution in [1.29, 1.82) is 0 Å². The first-order chi connectivity index (χ1) is 9.81. The maximum Gasteiger partial charge on any atom is 0.143 e. The Kier molecular flexibility index (Phi) is 2.44. The van der Waals surface area contributed by atoms with E-state index < -0.39 is 0 Å². The van der Waals surface area contributed by atoms with Crippen LogP contribution >= 0.6 is 11.3 Å². The predicted octanol–water partition coefficient (Wildman–Crippen LogP) is 4.09. The van der Waals surface area contributed by atoms with Crippen molar-refractivity contribution in [3.05, 3.63) is 54.6 Å². The number of benzene rings is 2. The Hall–Kier alpha value is -2.46. The molecule has 0 fully saturated rings. The van der Waals surface area contributed by atoms with E-state index in [0.29, 0.717) is 5.69 Å². The van der Waals surface area contributed by atoms with Gasteiger partial charge in [-0.25, -0.2) is 9.97 Å². The van der Waals surface area contributed by atoms with Crippen molar-refractivity contribution in [2.75, 3.05) is 5.73 Å². The van der Waals surface area contributed by atoms with Gasteiger partial charge in [-0.3, -0.25) is 0 Å². The van der Waals surface area contributed by atoms with E-state index in [1.54, 1.807) is 11.3 Å². The number of thiazole rings is 1. The number of aromatic nitrogens is 2. The molecular formula is C16H11N3S. The molecule has 2 aromatic carbocycles. The van der Waals surface area contributed by atoms with Crippen molar-refractivity contribution in [3.63, 3.8) is 0 Å². The van der Waals surface area contributed by atoms with Crippen LogP contribution in [-0.2, 0) is 0 Å². The number of hydrogen-bond donors (Lipinski definition) is 1. The minimum atomic E-state index is 0.700. The predicted molar refractivity (Wildman–Crippen MR) is 84.8 cm³/mol. The molecule has 2 aromatic heterocycles. The highest BCUT2D eigenvalue weighted by Crippen LogP contribution is 2.30. The highest BCUT2D eigenvalue weighted by atomic mass is 32.1. The van der Waals surface area contributed by atoms with Crippen molar-refractivity contribution < 1.29 is 0 Å². The maximum absolute atomic E-state index is 6.00. The van der Waals surface area contributed by atoms with Gasteiger partial charge in [0.05, 0.1) is 27.1 Å². The van der Waals surface area contributed by atoms with E-state index in [2.05, 4.69) is 16.0 Å². The van der Waals surface area contributed by atoms with Crippen LogP contribution in [0.4, 0.5) is 5.69 Å². The average Bonchev–Trinajstić information content (AvgIpc) is 2.91. The summed E-state index contributed by atoms with van der Waals surface area (Å²) in [6.45, 7) is 0. The summed E-state index contributed by atoms with van der Waals surface area (Å²) < 4.78 is 1.17. The number of hydrogen-bond acceptors (Lipinski definition) is 4. The van der Waals surface area contributed by atoms with Crippen molar-refractivity contribution in [1.82, 2.24) is 9.97 Å². The number of fused-ring (bicyclic) bond motifs is 2. The van der Waals surface area contributed by atoms with E-state index >= 15 is 0 Å². The third-order valence-electron chi connectivity index (χ3n) is 3.26. The summed E-state index contributed by atoms with van der Waals surface area (Å²) in [6, 6.07) is 18.0. The van der Waals surface area contributed by atoms with Gasteiger partial charge in [-0.2, -0.15) is 0 Å². The number of rotatable bonds is 1. The standard InChI is InChI=1S/C16H11N3S/c17-11-5-3-4-10-8-9-13(18-15(10)11)16-19-12-6-1-2-7-14(12)20-16/h1-9H,17H2. The fourth-order valence-corrected chi connectivity index (χ4v) is 3.21. The first-order valence-corrected chi connectivity index (χ1v) is 7.14. The van der Waals surface area contributed by atoms with E-state index in [1.807, 2.05) is 48.5 Å². The Morgan fingerprint density at radius 3 is 2.65 bits per heavy atom. The second-order valence-electron chi connectivity index (χ2n) is 4.60. The van der Waals surface area contributed by atoms with E-state index in [-0.39, 0.29) is 0 Å². The first-order valence-electron chi connectivity index (χ1n) is 6.32. The molecule has 4 rings (SSSR count). The largest absolute Gasteiger partial charge is 0.397 e. The summed E-state index contributed by atoms with van der Waals surface area (Å²) in [5.74, 6) is 0. The number of para-hydroxylation sites is 2. The number of anilines is 1. The SMILES string of the molecule is Nc1cccc2ccc(-c3nc4ccccc4s3)nc12. The van der Waals surface area contributed by atoms with Gasteiger partial charge in [-0.05, 0) is 24.3 Å². The molecule has 0 aliphatic heterocycles. The summed E-state index contributed by atoms with van der Waals surface area (Å²) >= 11 is 1.65. The first kappa shape index (κ1) is 11.4. The molecule has 96 valence electrons. The normalized spacial score (nSPS) is 11.2. The van der Waals surface area contributed by atoms with Gasteiger partial charge in [-0.1, -0.05) is 30.3 Å². The van der Waals surface area contributed by atoms with Gasteiger partial charge in [0, 0.05) is 5.39 Å². The molecule has 2 heterocycles. The minimum Gasteiger partial charge on any atom is -0.397 e. The van der Waals surface area contributed by atoms with Crippen LogP contribution in [0.25, 0.3) is 31.8 Å². The number of nitrogens with two attached hydrogens (primary N) is 1. The van der Waals surface area contributed by atoms with Crippen LogP contribution in [0.5, 0.6) is 0 Å². The molecule has 0 bridgehead atoms. The summed E-state index contributed by atoms with van der Waals surface area (Å²) in [6.07, 6.45) is 0. The topological polar surface area (TPSA) is 51.8 Å². The van der Waals surface area contributed by atoms with Crippen molar-refractivity contribution in [3.8, 4) is 10.7 Å². The number of nitrogen functional groups attached to an aromatic ring is 1. The molecule has 0 aliphatic carbocycles. The second-order valence-corrected chi connectivity index (χ2v) is 5.63. The average molecular weight is 277 g/mol. The smallest absolute Gasteiger partial charge is 0.143 e. The fourth-order valence-electron chi connectivity index (χ4n) is 2.27. The van der Waals surface area contributed by atoms with E-state index in [0.717, 1.165) is 27.1 Å². The van der Waals surface area contributed by atoms with Crippen LogP contribution in [-0.4, -0.2) is 9.97 Å². The molecule has 0 amide bonds. The molecule has 0 unspecified atom stereocenters. The van der Waals surface area contributed by atoms with Gasteiger partial charge in [0.1, 0.15) is 5.01 Å². The molecule has 2 N–H and O–H groups in total. The Balaban J connectivity index is 1.95. The Bertz CT molecular complexity index is 894. The van der Waals surface area contributed by atoms with Crippen LogP contribution in [0.1, 0.15) is 0 Å². The summed E-state index contributed by atoms with van der Waals surface area (Å²) in [5.41, 5.74) is 9.42. The number of pyridine rings is 1. The van der Waals surface area contributed by atoms with Crippen LogP contribution in [0, 0.1) is 0 Å². The minimum absolute atomic E-state index is 0.700. The van der Waals surface area contributed by atoms with Crippen LogP contribution in [0.2, 0.25) is 0 Å². The van der Waals surface area contributed by atoms with Gasteiger partial charge in [0.25, 0.3) is 0 Å². The lowest BCUT2D eigenvalue weighted by atomic mass is 10.2. The highest BCUT2D eigenvalue weighted by Gasteiger charge is 2.08. The maximum atomic E-state index is 6.00. The zero-order valence-corrected chi connectivity index (χ0v) is 11.4. The summed E-state index contributed by atoms with van der Waals surface area (Å²) in [5, 5.41) is 1.98. The fraction of sp³-hybridized carbons (Fsp3) is 0. The van der Waals surface area contributed by atoms with Crippen molar-refractivity contribution in [2.45, 2.75) is 0 Å². The lowest BCUT2D eigenvalue weighted by Gasteiger charge is -2.02. The summed E-state index contributed by atoms with van der Waals surface area (Å²) in [4.78, 5) is 9.30. The van der Waals surface area contributed by atoms with Crippen molar-refractivity contribution >= 4 is 38.1 Å². The molecule has 4 aromatic rings. The molecule has 0 saturated heterocycles. The Morgan fingerprint density at radius 1 is 0.850 bits per heavy atom. The molecule has 0 radical (unpaired) electrons. The van der Waals surface area contributed by atoms with E-state index in [1.165, 1.54) is 4.70 Å². The molecule has 0 spiro atoms. The quantitative estimate of drug-likeness (QED) is 0.533. The summed E-state index contributed by atoms with van der Waals surface area (Å²) in [7, 11) is 0. The van der Waals surface area contributed by atoms with Crippen molar-refractivity contribution in [2.24, 2.45) is 0 Å². The third kappa shape index (κ3) is 1.73. The second kappa shape index (κ2) is 4.28. The molecule has 3 nitrogen and oxygen atoms in total. The lowest BCUT2D eigenvalue weighted by Crippen LogP contribution is -1.91. The van der Waals surface area contributed by atoms with E-state index in [9.17, 15) is 0 Å². The van der Waals surface area contributed by atoms with Gasteiger partial charge in [0.2, 0.25) is 0 Å². The van der Waals surface area contributed by atoms with Gasteiger partial charge >= 0.3 is 0 Å². The van der Waals surface area contributed by atoms with Crippen LogP contribution in [0.15, 0.2) is 54.6 Å². The van der Waals surface area contributed by atoms with Gasteiger partial charge < -0.3 is 5.73 Å². The molecule has 0 saturated carbocycles. The Morgan fingerprint density at radius 2 is 1.75 bits per heavy atom. The number of nitrogens with zero attached hydrogens (tertiary/aromatic N) is 2. The third-order valence-corrected chi connectivity index (χ3v) is 4.32. The Labute approximate surface area is 119 Å². The lowest BCUT2D eigenvalue weighted by molar-refractivity contribution is 1.36. The highest BCUT2D eigenvalue weighted by molar-refractivity contribution is 7.21. The molecule has 0 atom stereocenters. The van der Waals surface area contributed by atoms with Gasteiger partial charge in [-0.15, -0.1) is 11.3 Å². The molecule has 0 aliphatic rings. The molecular weight excluding hydrogens is 266 g/mol. The van der Waals surface area contributed by atoms with Gasteiger partial charge in [0.15, 0.2) is 0 Å². The van der Waals surface area contributed by atoms with E-state index in [4.69, 9.17) is 5.73 Å². The van der Waals surface area contributed by atoms with Crippen LogP contribution in [0.3, 0.4) is 0 Å². The van der Waals surface area contributed by atoms with Crippen LogP contribution < -0.4 is 5.73 Å². The molecule has 20 heavy (non-hydrogen) atoms. The zero-order chi connectivity index (χ0) is 13.5.